The van der Waals surface area contributed by atoms with Gasteiger partial charge in [0.25, 0.3) is 0 Å². The van der Waals surface area contributed by atoms with Crippen LogP contribution in [0.25, 0.3) is 0 Å². The van der Waals surface area contributed by atoms with Gasteiger partial charge in [0.2, 0.25) is 0 Å². The fourth-order valence-corrected chi connectivity index (χ4v) is 2.77. The Morgan fingerprint density at radius 3 is 2.74 bits per heavy atom. The van der Waals surface area contributed by atoms with Gasteiger partial charge in [-0.1, -0.05) is 11.6 Å². The number of carbonyl (C=O) groups excluding carboxylic acids is 1. The molecule has 2 heterocycles. The fraction of sp³-hybridized carbons (Fsp3) is 0.500. The van der Waals surface area contributed by atoms with Gasteiger partial charge < -0.3 is 10.1 Å². The SMILES string of the molecule is Cn1ncc(CNCc2ncc(Cl)s2)c1NC(=O)OC(C)(C)C. The normalized spacial score (nSPS) is 11.5. The lowest BCUT2D eigenvalue weighted by Crippen LogP contribution is -2.28. The predicted molar refractivity (Wildman–Crippen MR) is 90.7 cm³/mol. The second-order valence-electron chi connectivity index (χ2n) is 5.93. The van der Waals surface area contributed by atoms with E-state index in [0.29, 0.717) is 23.2 Å². The third-order valence-electron chi connectivity index (χ3n) is 2.75. The summed E-state index contributed by atoms with van der Waals surface area (Å²) in [5.41, 5.74) is 0.312. The van der Waals surface area contributed by atoms with Crippen molar-refractivity contribution in [3.63, 3.8) is 0 Å². The van der Waals surface area contributed by atoms with Crippen molar-refractivity contribution in [2.24, 2.45) is 7.05 Å². The molecule has 0 aliphatic carbocycles. The molecule has 0 aliphatic rings. The van der Waals surface area contributed by atoms with Gasteiger partial charge in [-0.3, -0.25) is 10.00 Å². The number of amides is 1. The van der Waals surface area contributed by atoms with Gasteiger partial charge in [0, 0.05) is 25.7 Å². The first-order valence-corrected chi connectivity index (χ1v) is 8.26. The molecule has 9 heteroatoms. The molecule has 0 unspecified atom stereocenters. The number of aromatic nitrogens is 3. The number of nitrogens with zero attached hydrogens (tertiary/aromatic N) is 3. The molecule has 2 N–H and O–H groups in total. The number of hydrogen-bond donors (Lipinski definition) is 2. The number of carbonyl (C=O) groups is 1. The Kier molecular flexibility index (Phi) is 5.61. The molecule has 2 aromatic heterocycles. The van der Waals surface area contributed by atoms with Crippen LogP contribution < -0.4 is 10.6 Å². The van der Waals surface area contributed by atoms with Gasteiger partial charge in [-0.15, -0.1) is 11.3 Å². The van der Waals surface area contributed by atoms with Crippen molar-refractivity contribution < 1.29 is 9.53 Å². The first-order valence-electron chi connectivity index (χ1n) is 7.06. The second-order valence-corrected chi connectivity index (χ2v) is 7.68. The number of hydrogen-bond acceptors (Lipinski definition) is 6. The van der Waals surface area contributed by atoms with Crippen molar-refractivity contribution in [2.75, 3.05) is 5.32 Å². The molecule has 0 radical (unpaired) electrons. The van der Waals surface area contributed by atoms with Crippen LogP contribution in [0.15, 0.2) is 12.4 Å². The highest BCUT2D eigenvalue weighted by Gasteiger charge is 2.19. The Hall–Kier alpha value is -1.64. The average molecular weight is 358 g/mol. The molecule has 126 valence electrons. The van der Waals surface area contributed by atoms with Crippen LogP contribution in [-0.2, 0) is 24.9 Å². The summed E-state index contributed by atoms with van der Waals surface area (Å²) in [7, 11) is 1.76. The maximum absolute atomic E-state index is 11.9. The minimum atomic E-state index is -0.550. The van der Waals surface area contributed by atoms with Crippen molar-refractivity contribution >= 4 is 34.8 Å². The highest BCUT2D eigenvalue weighted by molar-refractivity contribution is 7.15. The molecule has 0 aromatic carbocycles. The molecule has 0 fully saturated rings. The van der Waals surface area contributed by atoms with E-state index in [1.54, 1.807) is 24.1 Å². The Balaban J connectivity index is 1.94. The summed E-state index contributed by atoms with van der Waals surface area (Å²) in [4.78, 5) is 16.1. The Morgan fingerprint density at radius 1 is 1.39 bits per heavy atom. The quantitative estimate of drug-likeness (QED) is 0.859. The molecular formula is C14H20ClN5O2S. The van der Waals surface area contributed by atoms with Crippen molar-refractivity contribution in [3.8, 4) is 0 Å². The molecule has 0 bridgehead atoms. The molecule has 0 saturated carbocycles. The first kappa shape index (κ1) is 17.7. The van der Waals surface area contributed by atoms with E-state index in [2.05, 4.69) is 20.7 Å². The zero-order chi connectivity index (χ0) is 17.0. The summed E-state index contributed by atoms with van der Waals surface area (Å²) in [6.45, 7) is 6.58. The van der Waals surface area contributed by atoms with Crippen LogP contribution in [0.1, 0.15) is 31.3 Å². The highest BCUT2D eigenvalue weighted by Crippen LogP contribution is 2.19. The third kappa shape index (κ3) is 5.49. The number of aryl methyl sites for hydroxylation is 1. The van der Waals surface area contributed by atoms with E-state index in [1.807, 2.05) is 20.8 Å². The Labute approximate surface area is 144 Å². The van der Waals surface area contributed by atoms with Gasteiger partial charge in [-0.25, -0.2) is 9.78 Å². The van der Waals surface area contributed by atoms with Gasteiger partial charge in [0.1, 0.15) is 20.8 Å². The predicted octanol–water partition coefficient (Wildman–Crippen LogP) is 3.17. The zero-order valence-corrected chi connectivity index (χ0v) is 15.1. The first-order chi connectivity index (χ1) is 10.7. The smallest absolute Gasteiger partial charge is 0.413 e. The minimum absolute atomic E-state index is 0.506. The Bertz CT molecular complexity index is 677. The second kappa shape index (κ2) is 7.29. The lowest BCUT2D eigenvalue weighted by atomic mass is 10.2. The number of ether oxygens (including phenoxy) is 1. The maximum atomic E-state index is 11.9. The van der Waals surface area contributed by atoms with Crippen LogP contribution in [0, 0.1) is 0 Å². The number of anilines is 1. The molecule has 1 amide bonds. The maximum Gasteiger partial charge on any atom is 0.413 e. The average Bonchev–Trinajstić information content (AvgIpc) is 2.97. The van der Waals surface area contributed by atoms with E-state index in [9.17, 15) is 4.79 Å². The van der Waals surface area contributed by atoms with Gasteiger partial charge in [0.15, 0.2) is 0 Å². The van der Waals surface area contributed by atoms with E-state index in [-0.39, 0.29) is 0 Å². The fourth-order valence-electron chi connectivity index (χ4n) is 1.85. The van der Waals surface area contributed by atoms with Crippen molar-refractivity contribution in [1.82, 2.24) is 20.1 Å². The number of rotatable bonds is 5. The van der Waals surface area contributed by atoms with Gasteiger partial charge in [-0.05, 0) is 20.8 Å². The lowest BCUT2D eigenvalue weighted by molar-refractivity contribution is 0.0634. The van der Waals surface area contributed by atoms with E-state index in [4.69, 9.17) is 16.3 Å². The molecule has 2 rings (SSSR count). The Morgan fingerprint density at radius 2 is 2.13 bits per heavy atom. The van der Waals surface area contributed by atoms with Crippen molar-refractivity contribution in [2.45, 2.75) is 39.5 Å². The third-order valence-corrected chi connectivity index (χ3v) is 3.87. The minimum Gasteiger partial charge on any atom is -0.444 e. The number of halogens is 1. The summed E-state index contributed by atoms with van der Waals surface area (Å²) in [6, 6.07) is 0. The van der Waals surface area contributed by atoms with Crippen LogP contribution in [-0.4, -0.2) is 26.5 Å². The molecule has 7 nitrogen and oxygen atoms in total. The number of thiazole rings is 1. The molecular weight excluding hydrogens is 338 g/mol. The van der Waals surface area contributed by atoms with Crippen molar-refractivity contribution in [3.05, 3.63) is 27.3 Å². The van der Waals surface area contributed by atoms with Crippen LogP contribution in [0.4, 0.5) is 10.6 Å². The van der Waals surface area contributed by atoms with Crippen LogP contribution in [0.3, 0.4) is 0 Å². The van der Waals surface area contributed by atoms with Crippen LogP contribution in [0.2, 0.25) is 4.34 Å². The number of nitrogens with one attached hydrogen (secondary N) is 2. The molecule has 23 heavy (non-hydrogen) atoms. The van der Waals surface area contributed by atoms with Gasteiger partial charge in [0.05, 0.1) is 12.4 Å². The summed E-state index contributed by atoms with van der Waals surface area (Å²) in [6.07, 6.45) is 2.83. The lowest BCUT2D eigenvalue weighted by Gasteiger charge is -2.20. The van der Waals surface area contributed by atoms with E-state index >= 15 is 0 Å². The standard InChI is InChI=1S/C14H20ClN5O2S/c1-14(2,3)22-13(21)19-12-9(6-18-20(12)4)5-16-8-11-17-7-10(15)23-11/h6-7,16H,5,8H2,1-4H3,(H,19,21). The van der Waals surface area contributed by atoms with E-state index < -0.39 is 11.7 Å². The van der Waals surface area contributed by atoms with E-state index in [0.717, 1.165) is 10.6 Å². The summed E-state index contributed by atoms with van der Waals surface area (Å²) in [5.74, 6) is 0.601. The van der Waals surface area contributed by atoms with Crippen molar-refractivity contribution in [1.29, 1.82) is 0 Å². The molecule has 0 saturated heterocycles. The molecule has 2 aromatic rings. The molecule has 0 aliphatic heterocycles. The summed E-state index contributed by atoms with van der Waals surface area (Å²) >= 11 is 7.28. The van der Waals surface area contributed by atoms with Gasteiger partial charge >= 0.3 is 6.09 Å². The monoisotopic (exact) mass is 357 g/mol. The zero-order valence-electron chi connectivity index (χ0n) is 13.5. The largest absolute Gasteiger partial charge is 0.444 e. The topological polar surface area (TPSA) is 81.1 Å². The van der Waals surface area contributed by atoms with Crippen LogP contribution in [0.5, 0.6) is 0 Å². The summed E-state index contributed by atoms with van der Waals surface area (Å²) in [5, 5.41) is 11.1. The highest BCUT2D eigenvalue weighted by atomic mass is 35.5. The van der Waals surface area contributed by atoms with E-state index in [1.165, 1.54) is 11.3 Å². The summed E-state index contributed by atoms with van der Waals surface area (Å²) < 4.78 is 7.52. The molecule has 0 atom stereocenters. The van der Waals surface area contributed by atoms with Crippen LogP contribution >= 0.6 is 22.9 Å². The molecule has 0 spiro atoms. The van der Waals surface area contributed by atoms with Gasteiger partial charge in [-0.2, -0.15) is 5.10 Å².